The van der Waals surface area contributed by atoms with Crippen LogP contribution in [-0.4, -0.2) is 35.8 Å². The highest BCUT2D eigenvalue weighted by Crippen LogP contribution is 2.46. The number of nitrogens with one attached hydrogen (secondary N) is 1. The Hall–Kier alpha value is -0.900. The molecule has 1 N–H and O–H groups in total. The quantitative estimate of drug-likeness (QED) is 0.616. The molecule has 0 radical (unpaired) electrons. The van der Waals surface area contributed by atoms with Gasteiger partial charge in [0.05, 0.1) is 11.8 Å². The van der Waals surface area contributed by atoms with Crippen LogP contribution in [0.5, 0.6) is 0 Å². The molecule has 3 aliphatic rings. The molecule has 0 aromatic carbocycles. The van der Waals surface area contributed by atoms with Crippen molar-refractivity contribution in [3.63, 3.8) is 0 Å². The van der Waals surface area contributed by atoms with Gasteiger partial charge in [-0.15, -0.1) is 0 Å². The van der Waals surface area contributed by atoms with Crippen molar-refractivity contribution in [1.29, 1.82) is 0 Å². The second-order valence-electron chi connectivity index (χ2n) is 4.53. The summed E-state index contributed by atoms with van der Waals surface area (Å²) in [6.07, 6.45) is 3.06. The maximum atomic E-state index is 11.6. The minimum atomic E-state index is 0.0592. The van der Waals surface area contributed by atoms with Crippen molar-refractivity contribution in [2.45, 2.75) is 25.3 Å². The molecule has 3 rings (SSSR count). The zero-order valence-electron chi connectivity index (χ0n) is 8.03. The number of rotatable bonds is 2. The Morgan fingerprint density at radius 2 is 2.00 bits per heavy atom. The molecule has 14 heavy (non-hydrogen) atoms. The standard InChI is InChI=1S/C10H14N2O2/c13-9-7-4-8(7)10(14)12(9)5-6-2-1-3-11-6/h6-8,11H,1-5H2. The van der Waals surface area contributed by atoms with Crippen LogP contribution in [0.3, 0.4) is 0 Å². The molecule has 3 unspecified atom stereocenters. The summed E-state index contributed by atoms with van der Waals surface area (Å²) in [4.78, 5) is 24.7. The summed E-state index contributed by atoms with van der Waals surface area (Å²) in [6.45, 7) is 1.62. The first kappa shape index (κ1) is 8.41. The fourth-order valence-electron chi connectivity index (χ4n) is 2.56. The smallest absolute Gasteiger partial charge is 0.233 e. The Kier molecular flexibility index (Phi) is 1.68. The van der Waals surface area contributed by atoms with Gasteiger partial charge >= 0.3 is 0 Å². The molecule has 4 nitrogen and oxygen atoms in total. The summed E-state index contributed by atoms with van der Waals surface area (Å²) < 4.78 is 0. The number of hydrogen-bond donors (Lipinski definition) is 1. The molecule has 4 heteroatoms. The van der Waals surface area contributed by atoms with E-state index in [2.05, 4.69) is 5.32 Å². The topological polar surface area (TPSA) is 49.4 Å². The molecule has 0 aromatic heterocycles. The second-order valence-corrected chi connectivity index (χ2v) is 4.53. The Labute approximate surface area is 82.6 Å². The highest BCUT2D eigenvalue weighted by atomic mass is 16.2. The zero-order chi connectivity index (χ0) is 9.71. The van der Waals surface area contributed by atoms with Crippen molar-refractivity contribution in [3.05, 3.63) is 0 Å². The summed E-state index contributed by atoms with van der Waals surface area (Å²) in [5.41, 5.74) is 0. The van der Waals surface area contributed by atoms with Crippen molar-refractivity contribution >= 4 is 11.8 Å². The van der Waals surface area contributed by atoms with Gasteiger partial charge in [-0.2, -0.15) is 0 Å². The molecule has 2 amide bonds. The largest absolute Gasteiger partial charge is 0.312 e. The number of carbonyl (C=O) groups is 2. The summed E-state index contributed by atoms with van der Waals surface area (Å²) >= 11 is 0. The van der Waals surface area contributed by atoms with Crippen molar-refractivity contribution in [2.75, 3.05) is 13.1 Å². The lowest BCUT2D eigenvalue weighted by Crippen LogP contribution is -2.42. The normalized spacial score (nSPS) is 40.6. The molecule has 3 atom stereocenters. The van der Waals surface area contributed by atoms with Crippen molar-refractivity contribution in [2.24, 2.45) is 11.8 Å². The summed E-state index contributed by atoms with van der Waals surface area (Å²) in [5.74, 6) is 0.273. The molecule has 1 aliphatic carbocycles. The molecule has 2 heterocycles. The van der Waals surface area contributed by atoms with E-state index >= 15 is 0 Å². The van der Waals surface area contributed by atoms with E-state index in [1.54, 1.807) is 0 Å². The van der Waals surface area contributed by atoms with Crippen LogP contribution in [0.4, 0.5) is 0 Å². The number of fused-ring (bicyclic) bond motifs is 1. The summed E-state index contributed by atoms with van der Waals surface area (Å²) in [7, 11) is 0. The summed E-state index contributed by atoms with van der Waals surface area (Å²) in [6, 6.07) is 0.348. The van der Waals surface area contributed by atoms with Crippen LogP contribution in [0.25, 0.3) is 0 Å². The van der Waals surface area contributed by atoms with Gasteiger partial charge in [-0.25, -0.2) is 0 Å². The second kappa shape index (κ2) is 2.79. The Morgan fingerprint density at radius 1 is 1.29 bits per heavy atom. The number of nitrogens with zero attached hydrogens (tertiary/aromatic N) is 1. The first-order chi connectivity index (χ1) is 6.77. The van der Waals surface area contributed by atoms with Crippen molar-refractivity contribution < 1.29 is 9.59 Å². The molecule has 0 spiro atoms. The van der Waals surface area contributed by atoms with E-state index in [0.29, 0.717) is 12.6 Å². The molecule has 1 saturated carbocycles. The van der Waals surface area contributed by atoms with E-state index in [4.69, 9.17) is 0 Å². The van der Waals surface area contributed by atoms with Gasteiger partial charge in [0.2, 0.25) is 11.8 Å². The maximum Gasteiger partial charge on any atom is 0.233 e. The van der Waals surface area contributed by atoms with Gasteiger partial charge in [-0.1, -0.05) is 0 Å². The Balaban J connectivity index is 1.67. The Bertz CT molecular complexity index is 276. The van der Waals surface area contributed by atoms with E-state index in [0.717, 1.165) is 25.8 Å². The molecule has 0 aromatic rings. The van der Waals surface area contributed by atoms with E-state index < -0.39 is 0 Å². The average Bonchev–Trinajstić information content (AvgIpc) is 2.75. The van der Waals surface area contributed by atoms with Crippen LogP contribution in [0.2, 0.25) is 0 Å². The van der Waals surface area contributed by atoms with E-state index in [1.807, 2.05) is 0 Å². The third-order valence-corrected chi connectivity index (χ3v) is 3.52. The lowest BCUT2D eigenvalue weighted by molar-refractivity contribution is -0.141. The fourth-order valence-corrected chi connectivity index (χ4v) is 2.56. The minimum absolute atomic E-state index is 0.0592. The van der Waals surface area contributed by atoms with Crippen LogP contribution < -0.4 is 5.32 Å². The Morgan fingerprint density at radius 3 is 2.57 bits per heavy atom. The number of hydrogen-bond acceptors (Lipinski definition) is 3. The maximum absolute atomic E-state index is 11.6. The molecular weight excluding hydrogens is 180 g/mol. The molecule has 76 valence electrons. The van der Waals surface area contributed by atoms with E-state index in [-0.39, 0.29) is 23.7 Å². The lowest BCUT2D eigenvalue weighted by atomic mass is 10.2. The predicted molar refractivity (Wildman–Crippen MR) is 49.3 cm³/mol. The van der Waals surface area contributed by atoms with Crippen LogP contribution in [-0.2, 0) is 9.59 Å². The van der Waals surface area contributed by atoms with Gasteiger partial charge in [-0.3, -0.25) is 14.5 Å². The number of imide groups is 1. The van der Waals surface area contributed by atoms with Gasteiger partial charge in [0.1, 0.15) is 0 Å². The van der Waals surface area contributed by atoms with Gasteiger partial charge < -0.3 is 5.32 Å². The SMILES string of the molecule is O=C1C2CC2C(=O)N1CC1CCCN1. The number of piperidine rings is 1. The van der Waals surface area contributed by atoms with Gasteiger partial charge in [0, 0.05) is 12.6 Å². The van der Waals surface area contributed by atoms with E-state index in [9.17, 15) is 9.59 Å². The van der Waals surface area contributed by atoms with Gasteiger partial charge in [0.15, 0.2) is 0 Å². The molecule has 2 saturated heterocycles. The third kappa shape index (κ3) is 1.10. The number of likely N-dealkylation sites (tertiary alicyclic amines) is 1. The van der Waals surface area contributed by atoms with Gasteiger partial charge in [-0.05, 0) is 25.8 Å². The van der Waals surface area contributed by atoms with E-state index in [1.165, 1.54) is 4.90 Å². The minimum Gasteiger partial charge on any atom is -0.312 e. The molecule has 2 aliphatic heterocycles. The number of amides is 2. The predicted octanol–water partition coefficient (Wildman–Crippen LogP) is -0.257. The van der Waals surface area contributed by atoms with Crippen LogP contribution >= 0.6 is 0 Å². The van der Waals surface area contributed by atoms with Crippen molar-refractivity contribution in [1.82, 2.24) is 10.2 Å². The highest BCUT2D eigenvalue weighted by Gasteiger charge is 2.58. The first-order valence-electron chi connectivity index (χ1n) is 5.36. The zero-order valence-corrected chi connectivity index (χ0v) is 8.03. The average molecular weight is 194 g/mol. The highest BCUT2D eigenvalue weighted by molar-refractivity contribution is 6.08. The van der Waals surface area contributed by atoms with Crippen molar-refractivity contribution in [3.8, 4) is 0 Å². The first-order valence-corrected chi connectivity index (χ1v) is 5.36. The lowest BCUT2D eigenvalue weighted by Gasteiger charge is -2.20. The van der Waals surface area contributed by atoms with Crippen LogP contribution in [0.15, 0.2) is 0 Å². The van der Waals surface area contributed by atoms with Crippen LogP contribution in [0, 0.1) is 11.8 Å². The number of carbonyl (C=O) groups excluding carboxylic acids is 2. The molecular formula is C10H14N2O2. The van der Waals surface area contributed by atoms with Gasteiger partial charge in [0.25, 0.3) is 0 Å². The monoisotopic (exact) mass is 194 g/mol. The fraction of sp³-hybridized carbons (Fsp3) is 0.800. The molecule has 0 bridgehead atoms. The molecule has 3 fully saturated rings. The summed E-state index contributed by atoms with van der Waals surface area (Å²) in [5, 5.41) is 3.31. The van der Waals surface area contributed by atoms with Crippen LogP contribution in [0.1, 0.15) is 19.3 Å². The third-order valence-electron chi connectivity index (χ3n) is 3.52.